The number of rotatable bonds is 3. The van der Waals surface area contributed by atoms with Gasteiger partial charge in [0.2, 0.25) is 0 Å². The fraction of sp³-hybridized carbons (Fsp3) is 0.308. The molecule has 0 spiro atoms. The highest BCUT2D eigenvalue weighted by Gasteiger charge is 2.14. The first-order valence-electron chi connectivity index (χ1n) is 5.75. The highest BCUT2D eigenvalue weighted by molar-refractivity contribution is 5.53. The first-order valence-corrected chi connectivity index (χ1v) is 5.75. The monoisotopic (exact) mass is 249 g/mol. The summed E-state index contributed by atoms with van der Waals surface area (Å²) in [6, 6.07) is 3.96. The molecule has 0 fully saturated rings. The number of aromatic hydroxyl groups is 1. The SMILES string of the molecule is Cc1n[nH]c(C)c1NC(C)c1ccc(O)cc1F. The van der Waals surface area contributed by atoms with Crippen molar-refractivity contribution in [2.24, 2.45) is 0 Å². The maximum Gasteiger partial charge on any atom is 0.132 e. The summed E-state index contributed by atoms with van der Waals surface area (Å²) in [7, 11) is 0. The molecule has 3 N–H and O–H groups in total. The summed E-state index contributed by atoms with van der Waals surface area (Å²) in [5, 5.41) is 19.4. The van der Waals surface area contributed by atoms with Crippen molar-refractivity contribution < 1.29 is 9.50 Å². The van der Waals surface area contributed by atoms with Gasteiger partial charge in [0.1, 0.15) is 11.6 Å². The first-order chi connectivity index (χ1) is 8.49. The molecule has 0 bridgehead atoms. The van der Waals surface area contributed by atoms with Gasteiger partial charge in [-0.2, -0.15) is 5.10 Å². The predicted molar refractivity (Wildman–Crippen MR) is 68.2 cm³/mol. The van der Waals surface area contributed by atoms with Crippen molar-refractivity contribution in [3.63, 3.8) is 0 Å². The van der Waals surface area contributed by atoms with Gasteiger partial charge in [-0.15, -0.1) is 0 Å². The third kappa shape index (κ3) is 2.30. The van der Waals surface area contributed by atoms with Gasteiger partial charge >= 0.3 is 0 Å². The fourth-order valence-electron chi connectivity index (χ4n) is 1.93. The van der Waals surface area contributed by atoms with Crippen LogP contribution < -0.4 is 5.32 Å². The van der Waals surface area contributed by atoms with Crippen LogP contribution >= 0.6 is 0 Å². The van der Waals surface area contributed by atoms with Crippen LogP contribution in [0.4, 0.5) is 10.1 Å². The molecule has 1 heterocycles. The molecule has 0 aliphatic rings. The number of H-pyrrole nitrogens is 1. The zero-order chi connectivity index (χ0) is 13.3. The number of hydrogen-bond donors (Lipinski definition) is 3. The number of phenols is 1. The molecule has 0 radical (unpaired) electrons. The minimum Gasteiger partial charge on any atom is -0.508 e. The van der Waals surface area contributed by atoms with E-state index in [1.165, 1.54) is 6.07 Å². The van der Waals surface area contributed by atoms with Crippen molar-refractivity contribution in [3.05, 3.63) is 41.0 Å². The van der Waals surface area contributed by atoms with Crippen LogP contribution in [0.2, 0.25) is 0 Å². The molecule has 1 aromatic carbocycles. The zero-order valence-corrected chi connectivity index (χ0v) is 10.6. The lowest BCUT2D eigenvalue weighted by atomic mass is 10.1. The van der Waals surface area contributed by atoms with Crippen molar-refractivity contribution in [3.8, 4) is 5.75 Å². The van der Waals surface area contributed by atoms with E-state index in [1.54, 1.807) is 6.07 Å². The second kappa shape index (κ2) is 4.68. The average Bonchev–Trinajstić information content (AvgIpc) is 2.60. The van der Waals surface area contributed by atoms with Crippen LogP contribution in [0, 0.1) is 19.7 Å². The number of phenolic OH excluding ortho intramolecular Hbond substituents is 1. The third-order valence-corrected chi connectivity index (χ3v) is 2.94. The second-order valence-corrected chi connectivity index (χ2v) is 4.38. The third-order valence-electron chi connectivity index (χ3n) is 2.94. The van der Waals surface area contributed by atoms with Crippen LogP contribution in [0.25, 0.3) is 0 Å². The number of anilines is 1. The molecule has 18 heavy (non-hydrogen) atoms. The molecule has 1 atom stereocenters. The number of nitrogens with one attached hydrogen (secondary N) is 2. The number of nitrogens with zero attached hydrogens (tertiary/aromatic N) is 1. The topological polar surface area (TPSA) is 60.9 Å². The zero-order valence-electron chi connectivity index (χ0n) is 10.6. The molecular formula is C13H16FN3O. The van der Waals surface area contributed by atoms with Gasteiger partial charge in [-0.3, -0.25) is 5.10 Å². The Hall–Kier alpha value is -2.04. The van der Waals surface area contributed by atoms with Gasteiger partial charge in [0.25, 0.3) is 0 Å². The highest BCUT2D eigenvalue weighted by Crippen LogP contribution is 2.26. The Bertz CT molecular complexity index is 546. The smallest absolute Gasteiger partial charge is 0.132 e. The molecule has 0 aliphatic heterocycles. The van der Waals surface area contributed by atoms with E-state index >= 15 is 0 Å². The molecule has 96 valence electrons. The van der Waals surface area contributed by atoms with Crippen LogP contribution in [-0.2, 0) is 0 Å². The van der Waals surface area contributed by atoms with Crippen LogP contribution in [0.1, 0.15) is 29.9 Å². The molecule has 0 saturated carbocycles. The molecule has 0 amide bonds. The highest BCUT2D eigenvalue weighted by atomic mass is 19.1. The van der Waals surface area contributed by atoms with Gasteiger partial charge < -0.3 is 10.4 Å². The van der Waals surface area contributed by atoms with Crippen molar-refractivity contribution in [2.45, 2.75) is 26.8 Å². The summed E-state index contributed by atoms with van der Waals surface area (Å²) >= 11 is 0. The Morgan fingerprint density at radius 2 is 2.11 bits per heavy atom. The number of halogens is 1. The van der Waals surface area contributed by atoms with E-state index in [0.717, 1.165) is 23.1 Å². The molecule has 4 nitrogen and oxygen atoms in total. The van der Waals surface area contributed by atoms with Gasteiger partial charge in [0.05, 0.1) is 23.1 Å². The quantitative estimate of drug-likeness (QED) is 0.783. The van der Waals surface area contributed by atoms with Crippen LogP contribution in [-0.4, -0.2) is 15.3 Å². The van der Waals surface area contributed by atoms with Gasteiger partial charge in [-0.25, -0.2) is 4.39 Å². The van der Waals surface area contributed by atoms with Crippen molar-refractivity contribution >= 4 is 5.69 Å². The van der Waals surface area contributed by atoms with Gasteiger partial charge in [0, 0.05) is 11.6 Å². The summed E-state index contributed by atoms with van der Waals surface area (Å²) in [4.78, 5) is 0. The molecule has 1 aromatic heterocycles. The largest absolute Gasteiger partial charge is 0.508 e. The van der Waals surface area contributed by atoms with Gasteiger partial charge in [0.15, 0.2) is 0 Å². The Morgan fingerprint density at radius 1 is 1.39 bits per heavy atom. The number of aromatic amines is 1. The maximum atomic E-state index is 13.7. The molecule has 1 unspecified atom stereocenters. The molecule has 0 saturated heterocycles. The van der Waals surface area contributed by atoms with E-state index in [2.05, 4.69) is 15.5 Å². The van der Waals surface area contributed by atoms with Crippen LogP contribution in [0.3, 0.4) is 0 Å². The minimum absolute atomic E-state index is 0.0703. The number of benzene rings is 1. The predicted octanol–water partition coefficient (Wildman–Crippen LogP) is 3.04. The molecule has 0 aliphatic carbocycles. The molecule has 5 heteroatoms. The van der Waals surface area contributed by atoms with E-state index in [0.29, 0.717) is 5.56 Å². The summed E-state index contributed by atoms with van der Waals surface area (Å²) in [6.45, 7) is 5.65. The Balaban J connectivity index is 2.24. The lowest BCUT2D eigenvalue weighted by molar-refractivity contribution is 0.467. The summed E-state index contributed by atoms with van der Waals surface area (Å²) in [5.74, 6) is -0.493. The molecule has 2 rings (SSSR count). The molecule has 2 aromatic rings. The lowest BCUT2D eigenvalue weighted by Gasteiger charge is -2.16. The Labute approximate surface area is 105 Å². The van der Waals surface area contributed by atoms with E-state index in [-0.39, 0.29) is 11.8 Å². The number of aryl methyl sites for hydroxylation is 2. The fourth-order valence-corrected chi connectivity index (χ4v) is 1.93. The average molecular weight is 249 g/mol. The van der Waals surface area contributed by atoms with Crippen LogP contribution in [0.15, 0.2) is 18.2 Å². The van der Waals surface area contributed by atoms with Gasteiger partial charge in [-0.1, -0.05) is 6.07 Å². The minimum atomic E-state index is -0.422. The molecular weight excluding hydrogens is 233 g/mol. The van der Waals surface area contributed by atoms with E-state index in [1.807, 2.05) is 20.8 Å². The van der Waals surface area contributed by atoms with Crippen molar-refractivity contribution in [2.75, 3.05) is 5.32 Å². The van der Waals surface area contributed by atoms with Crippen molar-refractivity contribution in [1.29, 1.82) is 0 Å². The summed E-state index contributed by atoms with van der Waals surface area (Å²) in [5.41, 5.74) is 3.15. The summed E-state index contributed by atoms with van der Waals surface area (Å²) < 4.78 is 13.7. The van der Waals surface area contributed by atoms with E-state index in [9.17, 15) is 9.50 Å². The number of hydrogen-bond acceptors (Lipinski definition) is 3. The maximum absolute atomic E-state index is 13.7. The van der Waals surface area contributed by atoms with Gasteiger partial charge in [-0.05, 0) is 26.8 Å². The first kappa shape index (κ1) is 12.4. The van der Waals surface area contributed by atoms with E-state index in [4.69, 9.17) is 0 Å². The van der Waals surface area contributed by atoms with Crippen LogP contribution in [0.5, 0.6) is 5.75 Å². The second-order valence-electron chi connectivity index (χ2n) is 4.38. The van der Waals surface area contributed by atoms with E-state index < -0.39 is 5.82 Å². The Kier molecular flexibility index (Phi) is 3.23. The normalized spacial score (nSPS) is 12.4. The Morgan fingerprint density at radius 3 is 2.67 bits per heavy atom. The number of aromatic nitrogens is 2. The standard InChI is InChI=1S/C13H16FN3O/c1-7(11-5-4-10(18)6-12(11)14)15-13-8(2)16-17-9(13)3/h4-7,15,18H,1-3H3,(H,16,17). The lowest BCUT2D eigenvalue weighted by Crippen LogP contribution is -2.09. The summed E-state index contributed by atoms with van der Waals surface area (Å²) in [6.07, 6.45) is 0. The van der Waals surface area contributed by atoms with Crippen molar-refractivity contribution in [1.82, 2.24) is 10.2 Å².